The van der Waals surface area contributed by atoms with Crippen molar-refractivity contribution >= 4 is 67.9 Å². The first kappa shape index (κ1) is 20.8. The molecule has 150 valence electrons. The van der Waals surface area contributed by atoms with Gasteiger partial charge in [-0.25, -0.2) is 4.79 Å². The molecule has 1 heterocycles. The van der Waals surface area contributed by atoms with E-state index in [2.05, 4.69) is 5.32 Å². The smallest absolute Gasteiger partial charge is 0.350 e. The van der Waals surface area contributed by atoms with Crippen LogP contribution in [0.2, 0.25) is 10.0 Å². The highest BCUT2D eigenvalue weighted by molar-refractivity contribution is 7.21. The van der Waals surface area contributed by atoms with Crippen molar-refractivity contribution in [2.45, 2.75) is 0 Å². The number of hydrogen-bond acceptors (Lipinski definition) is 7. The summed E-state index contributed by atoms with van der Waals surface area (Å²) in [5, 5.41) is 14.7. The van der Waals surface area contributed by atoms with Crippen molar-refractivity contribution in [2.24, 2.45) is 0 Å². The number of thiophene rings is 1. The number of halogens is 2. The lowest BCUT2D eigenvalue weighted by atomic mass is 10.2. The van der Waals surface area contributed by atoms with Crippen molar-refractivity contribution in [3.8, 4) is 5.75 Å². The minimum absolute atomic E-state index is 0.0808. The van der Waals surface area contributed by atoms with E-state index >= 15 is 0 Å². The number of methoxy groups -OCH3 is 1. The van der Waals surface area contributed by atoms with Gasteiger partial charge in [0, 0.05) is 27.2 Å². The Kier molecular flexibility index (Phi) is 6.21. The topological polar surface area (TPSA) is 108 Å². The van der Waals surface area contributed by atoms with Crippen LogP contribution < -0.4 is 10.1 Å². The van der Waals surface area contributed by atoms with Crippen LogP contribution >= 0.6 is 34.5 Å². The Morgan fingerprint density at radius 3 is 2.66 bits per heavy atom. The third-order valence-electron chi connectivity index (χ3n) is 3.78. The molecule has 29 heavy (non-hydrogen) atoms. The third kappa shape index (κ3) is 4.58. The number of hydrogen-bond donors (Lipinski definition) is 1. The number of carbonyl (C=O) groups excluding carboxylic acids is 2. The van der Waals surface area contributed by atoms with E-state index in [1.807, 2.05) is 0 Å². The van der Waals surface area contributed by atoms with Crippen LogP contribution in [0.15, 0.2) is 36.4 Å². The van der Waals surface area contributed by atoms with Crippen molar-refractivity contribution < 1.29 is 24.0 Å². The summed E-state index contributed by atoms with van der Waals surface area (Å²) in [7, 11) is 1.35. The molecule has 3 rings (SSSR count). The lowest BCUT2D eigenvalue weighted by molar-refractivity contribution is -0.384. The van der Waals surface area contributed by atoms with Crippen LogP contribution in [-0.4, -0.2) is 30.5 Å². The molecule has 0 saturated heterocycles. The number of ether oxygens (including phenoxy) is 2. The Balaban J connectivity index is 1.70. The van der Waals surface area contributed by atoms with Crippen molar-refractivity contribution in [1.29, 1.82) is 0 Å². The van der Waals surface area contributed by atoms with Crippen LogP contribution in [0.4, 0.5) is 11.4 Å². The fraction of sp³-hybridized carbons (Fsp3) is 0.111. The van der Waals surface area contributed by atoms with Crippen LogP contribution in [0.25, 0.3) is 10.1 Å². The summed E-state index contributed by atoms with van der Waals surface area (Å²) in [6.07, 6.45) is 0. The molecule has 1 amide bonds. The van der Waals surface area contributed by atoms with E-state index in [0.29, 0.717) is 15.1 Å². The average molecular weight is 455 g/mol. The summed E-state index contributed by atoms with van der Waals surface area (Å²) >= 11 is 13.3. The number of carbonyl (C=O) groups is 2. The Morgan fingerprint density at radius 2 is 1.97 bits per heavy atom. The van der Waals surface area contributed by atoms with Gasteiger partial charge in [0.15, 0.2) is 6.61 Å². The Labute approximate surface area is 178 Å². The summed E-state index contributed by atoms with van der Waals surface area (Å²) in [4.78, 5) is 34.9. The number of anilines is 1. The van der Waals surface area contributed by atoms with Gasteiger partial charge in [0.1, 0.15) is 10.6 Å². The van der Waals surface area contributed by atoms with Crippen LogP contribution in [0.1, 0.15) is 9.67 Å². The second kappa shape index (κ2) is 8.64. The zero-order valence-electron chi connectivity index (χ0n) is 14.7. The Morgan fingerprint density at radius 1 is 1.21 bits per heavy atom. The first-order valence-corrected chi connectivity index (χ1v) is 9.54. The van der Waals surface area contributed by atoms with Gasteiger partial charge in [-0.05, 0) is 18.2 Å². The van der Waals surface area contributed by atoms with Crippen LogP contribution in [0, 0.1) is 10.1 Å². The molecule has 0 aliphatic carbocycles. The minimum atomic E-state index is -0.770. The zero-order chi connectivity index (χ0) is 21.1. The van der Waals surface area contributed by atoms with E-state index in [1.54, 1.807) is 18.2 Å². The fourth-order valence-corrected chi connectivity index (χ4v) is 4.14. The second-order valence-electron chi connectivity index (χ2n) is 5.65. The highest BCUT2D eigenvalue weighted by atomic mass is 35.5. The molecule has 1 N–H and O–H groups in total. The minimum Gasteiger partial charge on any atom is -0.495 e. The molecule has 1 aromatic heterocycles. The summed E-state index contributed by atoms with van der Waals surface area (Å²) in [5.74, 6) is -1.24. The van der Waals surface area contributed by atoms with E-state index in [-0.39, 0.29) is 27.0 Å². The normalized spacial score (nSPS) is 10.6. The first-order valence-electron chi connectivity index (χ1n) is 7.97. The summed E-state index contributed by atoms with van der Waals surface area (Å²) in [5.41, 5.74) is -0.147. The highest BCUT2D eigenvalue weighted by Crippen LogP contribution is 2.37. The second-order valence-corrected chi connectivity index (χ2v) is 7.52. The summed E-state index contributed by atoms with van der Waals surface area (Å²) < 4.78 is 10.8. The molecule has 0 aliphatic heterocycles. The summed E-state index contributed by atoms with van der Waals surface area (Å²) in [6.45, 7) is -0.615. The largest absolute Gasteiger partial charge is 0.495 e. The number of nitro benzene ring substituents is 1. The van der Waals surface area contributed by atoms with Crippen molar-refractivity contribution in [1.82, 2.24) is 0 Å². The van der Waals surface area contributed by atoms with Gasteiger partial charge < -0.3 is 14.8 Å². The average Bonchev–Trinajstić information content (AvgIpc) is 3.01. The maximum Gasteiger partial charge on any atom is 0.350 e. The van der Waals surface area contributed by atoms with E-state index in [4.69, 9.17) is 32.7 Å². The molecule has 0 radical (unpaired) electrons. The van der Waals surface area contributed by atoms with Gasteiger partial charge in [-0.2, -0.15) is 0 Å². The number of nitro groups is 1. The Hall–Kier alpha value is -2.88. The highest BCUT2D eigenvalue weighted by Gasteiger charge is 2.20. The zero-order valence-corrected chi connectivity index (χ0v) is 17.1. The van der Waals surface area contributed by atoms with Gasteiger partial charge in [0.2, 0.25) is 0 Å². The number of benzene rings is 2. The molecule has 11 heteroatoms. The van der Waals surface area contributed by atoms with Crippen molar-refractivity contribution in [3.05, 3.63) is 61.4 Å². The van der Waals surface area contributed by atoms with Gasteiger partial charge in [-0.3, -0.25) is 14.9 Å². The molecule has 0 bridgehead atoms. The molecule has 8 nitrogen and oxygen atoms in total. The van der Waals surface area contributed by atoms with Gasteiger partial charge in [0.05, 0.1) is 22.7 Å². The molecule has 0 unspecified atom stereocenters. The molecular formula is C18H12Cl2N2O6S. The third-order valence-corrected chi connectivity index (χ3v) is 5.65. The number of fused-ring (bicyclic) bond motifs is 1. The number of non-ortho nitro benzene ring substituents is 1. The standard InChI is InChI=1S/C18H12Cl2N2O6S/c1-27-13-5-3-10(22(25)26)7-12(13)21-15(23)8-28-18(24)17-16(20)11-4-2-9(19)6-14(11)29-17/h2-7H,8H2,1H3,(H,21,23). The quantitative estimate of drug-likeness (QED) is 0.321. The molecular weight excluding hydrogens is 443 g/mol. The predicted octanol–water partition coefficient (Wildman–Crippen LogP) is 4.92. The van der Waals surface area contributed by atoms with E-state index < -0.39 is 23.4 Å². The number of esters is 1. The van der Waals surface area contributed by atoms with E-state index in [1.165, 1.54) is 19.2 Å². The SMILES string of the molecule is COc1ccc([N+](=O)[O-])cc1NC(=O)COC(=O)c1sc2cc(Cl)ccc2c1Cl. The lowest BCUT2D eigenvalue weighted by Crippen LogP contribution is -2.21. The Bertz CT molecular complexity index is 1130. The summed E-state index contributed by atoms with van der Waals surface area (Å²) in [6, 6.07) is 8.74. The van der Waals surface area contributed by atoms with Gasteiger partial charge in [-0.1, -0.05) is 29.3 Å². The monoisotopic (exact) mass is 454 g/mol. The van der Waals surface area contributed by atoms with Crippen LogP contribution in [0.3, 0.4) is 0 Å². The first-order chi connectivity index (χ1) is 13.8. The van der Waals surface area contributed by atoms with E-state index in [0.717, 1.165) is 17.4 Å². The van der Waals surface area contributed by atoms with Gasteiger partial charge >= 0.3 is 5.97 Å². The molecule has 0 aliphatic rings. The lowest BCUT2D eigenvalue weighted by Gasteiger charge is -2.10. The number of rotatable bonds is 6. The molecule has 0 saturated carbocycles. The number of nitrogens with zero attached hydrogens (tertiary/aromatic N) is 1. The molecule has 0 fully saturated rings. The molecule has 3 aromatic rings. The van der Waals surface area contributed by atoms with Crippen molar-refractivity contribution in [2.75, 3.05) is 19.0 Å². The molecule has 2 aromatic carbocycles. The van der Waals surface area contributed by atoms with Gasteiger partial charge in [0.25, 0.3) is 11.6 Å². The number of nitrogens with one attached hydrogen (secondary N) is 1. The fourth-order valence-electron chi connectivity index (χ4n) is 2.46. The van der Waals surface area contributed by atoms with E-state index in [9.17, 15) is 19.7 Å². The molecule has 0 atom stereocenters. The van der Waals surface area contributed by atoms with Crippen LogP contribution in [0.5, 0.6) is 5.75 Å². The molecule has 0 spiro atoms. The predicted molar refractivity (Wildman–Crippen MR) is 110 cm³/mol. The van der Waals surface area contributed by atoms with Crippen molar-refractivity contribution in [3.63, 3.8) is 0 Å². The van der Waals surface area contributed by atoms with Gasteiger partial charge in [-0.15, -0.1) is 11.3 Å². The maximum absolute atomic E-state index is 12.3. The number of amides is 1. The van der Waals surface area contributed by atoms with Crippen LogP contribution in [-0.2, 0) is 9.53 Å². The maximum atomic E-state index is 12.3.